The van der Waals surface area contributed by atoms with E-state index in [0.29, 0.717) is 0 Å². The smallest absolute Gasteiger partial charge is 0.237 e. The van der Waals surface area contributed by atoms with E-state index in [2.05, 4.69) is 4.98 Å². The number of hydrogen-bond donors (Lipinski definition) is 0. The van der Waals surface area contributed by atoms with Gasteiger partial charge in [0.05, 0.1) is 23.7 Å². The number of hydrogen-bond acceptors (Lipinski definition) is 2. The SMILES string of the molecule is N#CCc1cc(C(F)F)c(F)c(Cl)n1. The number of rotatable bonds is 2. The van der Waals surface area contributed by atoms with Crippen LogP contribution < -0.4 is 0 Å². The maximum Gasteiger partial charge on any atom is 0.266 e. The van der Waals surface area contributed by atoms with Crippen molar-refractivity contribution in [2.24, 2.45) is 0 Å². The van der Waals surface area contributed by atoms with E-state index in [0.717, 1.165) is 6.07 Å². The molecule has 1 heterocycles. The summed E-state index contributed by atoms with van der Waals surface area (Å²) < 4.78 is 37.4. The van der Waals surface area contributed by atoms with Crippen molar-refractivity contribution in [2.75, 3.05) is 0 Å². The normalized spacial score (nSPS) is 10.3. The summed E-state index contributed by atoms with van der Waals surface area (Å²) in [6, 6.07) is 2.55. The quantitative estimate of drug-likeness (QED) is 0.719. The largest absolute Gasteiger partial charge is 0.266 e. The molecule has 0 N–H and O–H groups in total. The van der Waals surface area contributed by atoms with Crippen molar-refractivity contribution in [3.8, 4) is 6.07 Å². The molecule has 0 saturated heterocycles. The topological polar surface area (TPSA) is 36.7 Å². The zero-order valence-electron chi connectivity index (χ0n) is 6.77. The number of nitriles is 1. The highest BCUT2D eigenvalue weighted by molar-refractivity contribution is 6.29. The Hall–Kier alpha value is -1.28. The van der Waals surface area contributed by atoms with Crippen LogP contribution in [0.4, 0.5) is 13.2 Å². The predicted molar refractivity (Wildman–Crippen MR) is 43.5 cm³/mol. The van der Waals surface area contributed by atoms with E-state index >= 15 is 0 Å². The van der Waals surface area contributed by atoms with E-state index in [-0.39, 0.29) is 12.1 Å². The first-order chi connectivity index (χ1) is 6.56. The summed E-state index contributed by atoms with van der Waals surface area (Å²) in [7, 11) is 0. The van der Waals surface area contributed by atoms with Gasteiger partial charge in [0.2, 0.25) is 0 Å². The van der Waals surface area contributed by atoms with Crippen LogP contribution in [0.1, 0.15) is 17.7 Å². The van der Waals surface area contributed by atoms with Gasteiger partial charge in [-0.15, -0.1) is 0 Å². The van der Waals surface area contributed by atoms with Gasteiger partial charge >= 0.3 is 0 Å². The van der Waals surface area contributed by atoms with Crippen molar-refractivity contribution < 1.29 is 13.2 Å². The fourth-order valence-electron chi connectivity index (χ4n) is 0.900. The molecular formula is C8H4ClF3N2. The van der Waals surface area contributed by atoms with Crippen LogP contribution in [-0.4, -0.2) is 4.98 Å². The highest BCUT2D eigenvalue weighted by atomic mass is 35.5. The Bertz CT molecular complexity index is 387. The van der Waals surface area contributed by atoms with Gasteiger partial charge in [-0.2, -0.15) is 5.26 Å². The minimum Gasteiger partial charge on any atom is -0.237 e. The zero-order chi connectivity index (χ0) is 10.7. The fourth-order valence-corrected chi connectivity index (χ4v) is 1.12. The van der Waals surface area contributed by atoms with Crippen LogP contribution in [0.2, 0.25) is 5.15 Å². The first-order valence-corrected chi connectivity index (χ1v) is 3.94. The van der Waals surface area contributed by atoms with Gasteiger partial charge in [-0.05, 0) is 6.07 Å². The zero-order valence-corrected chi connectivity index (χ0v) is 7.52. The van der Waals surface area contributed by atoms with Gasteiger partial charge in [0.1, 0.15) is 0 Å². The molecule has 2 nitrogen and oxygen atoms in total. The highest BCUT2D eigenvalue weighted by Gasteiger charge is 2.18. The summed E-state index contributed by atoms with van der Waals surface area (Å²) >= 11 is 5.27. The Balaban J connectivity index is 3.22. The Morgan fingerprint density at radius 3 is 2.71 bits per heavy atom. The minimum absolute atomic E-state index is 0.0363. The summed E-state index contributed by atoms with van der Waals surface area (Å²) in [5.41, 5.74) is -0.788. The molecule has 14 heavy (non-hydrogen) atoms. The van der Waals surface area contributed by atoms with Crippen LogP contribution >= 0.6 is 11.6 Å². The monoisotopic (exact) mass is 220 g/mol. The molecule has 74 valence electrons. The molecule has 1 aromatic rings. The summed E-state index contributed by atoms with van der Waals surface area (Å²) in [5, 5.41) is 7.66. The molecule has 0 atom stereocenters. The molecule has 0 saturated carbocycles. The number of halogens is 4. The van der Waals surface area contributed by atoms with Crippen LogP contribution in [0.15, 0.2) is 6.07 Å². The molecule has 1 aromatic heterocycles. The second kappa shape index (κ2) is 4.29. The lowest BCUT2D eigenvalue weighted by Crippen LogP contribution is -1.98. The fraction of sp³-hybridized carbons (Fsp3) is 0.250. The molecule has 0 unspecified atom stereocenters. The van der Waals surface area contributed by atoms with Crippen LogP contribution in [0.25, 0.3) is 0 Å². The Morgan fingerprint density at radius 1 is 1.57 bits per heavy atom. The van der Waals surface area contributed by atoms with E-state index in [1.54, 1.807) is 6.07 Å². The van der Waals surface area contributed by atoms with E-state index in [9.17, 15) is 13.2 Å². The van der Waals surface area contributed by atoms with Crippen molar-refractivity contribution in [1.82, 2.24) is 4.98 Å². The Labute approximate surface area is 82.9 Å². The van der Waals surface area contributed by atoms with Gasteiger partial charge in [-0.1, -0.05) is 11.6 Å². The lowest BCUT2D eigenvalue weighted by molar-refractivity contribution is 0.146. The van der Waals surface area contributed by atoms with Crippen LogP contribution in [-0.2, 0) is 6.42 Å². The van der Waals surface area contributed by atoms with E-state index < -0.39 is 23.0 Å². The lowest BCUT2D eigenvalue weighted by Gasteiger charge is -2.04. The van der Waals surface area contributed by atoms with Crippen molar-refractivity contribution in [1.29, 1.82) is 5.26 Å². The molecule has 0 bridgehead atoms. The Kier molecular flexibility index (Phi) is 3.31. The van der Waals surface area contributed by atoms with Crippen molar-refractivity contribution >= 4 is 11.6 Å². The number of nitrogens with zero attached hydrogens (tertiary/aromatic N) is 2. The molecule has 0 aliphatic carbocycles. The predicted octanol–water partition coefficient (Wildman–Crippen LogP) is 2.88. The number of alkyl halides is 2. The third-order valence-electron chi connectivity index (χ3n) is 1.49. The van der Waals surface area contributed by atoms with Gasteiger partial charge < -0.3 is 0 Å². The Morgan fingerprint density at radius 2 is 2.21 bits per heavy atom. The molecule has 0 aromatic carbocycles. The molecule has 6 heteroatoms. The van der Waals surface area contributed by atoms with Gasteiger partial charge in [0, 0.05) is 0 Å². The van der Waals surface area contributed by atoms with Crippen LogP contribution in [0.5, 0.6) is 0 Å². The van der Waals surface area contributed by atoms with Gasteiger partial charge in [-0.25, -0.2) is 18.2 Å². The first-order valence-electron chi connectivity index (χ1n) is 3.56. The molecule has 0 amide bonds. The molecular weight excluding hydrogens is 217 g/mol. The summed E-state index contributed by atoms with van der Waals surface area (Å²) in [6.07, 6.45) is -3.15. The number of aromatic nitrogens is 1. The second-order valence-corrected chi connectivity index (χ2v) is 2.80. The average Bonchev–Trinajstić information content (AvgIpc) is 2.11. The lowest BCUT2D eigenvalue weighted by atomic mass is 10.2. The van der Waals surface area contributed by atoms with Crippen molar-refractivity contribution in [3.63, 3.8) is 0 Å². The third kappa shape index (κ3) is 2.15. The van der Waals surface area contributed by atoms with E-state index in [1.165, 1.54) is 0 Å². The van der Waals surface area contributed by atoms with Crippen molar-refractivity contribution in [2.45, 2.75) is 12.8 Å². The average molecular weight is 221 g/mol. The summed E-state index contributed by atoms with van der Waals surface area (Å²) in [6.45, 7) is 0. The maximum atomic E-state index is 12.9. The molecule has 0 spiro atoms. The standard InChI is InChI=1S/C8H4ClF3N2/c9-7-6(10)5(8(11)12)3-4(14-7)1-2-13/h3,8H,1H2. The maximum absolute atomic E-state index is 12.9. The van der Waals surface area contributed by atoms with E-state index in [4.69, 9.17) is 16.9 Å². The van der Waals surface area contributed by atoms with Gasteiger partial charge in [-0.3, -0.25) is 0 Å². The first kappa shape index (κ1) is 10.8. The third-order valence-corrected chi connectivity index (χ3v) is 1.74. The molecule has 0 radical (unpaired) electrons. The van der Waals surface area contributed by atoms with Gasteiger partial charge in [0.15, 0.2) is 11.0 Å². The summed E-state index contributed by atoms with van der Waals surface area (Å²) in [4.78, 5) is 3.44. The second-order valence-electron chi connectivity index (χ2n) is 2.44. The molecule has 0 aliphatic rings. The molecule has 0 fully saturated rings. The molecule has 1 rings (SSSR count). The molecule has 0 aliphatic heterocycles. The number of pyridine rings is 1. The van der Waals surface area contributed by atoms with E-state index in [1.807, 2.05) is 0 Å². The minimum atomic E-state index is -2.96. The van der Waals surface area contributed by atoms with Crippen molar-refractivity contribution in [3.05, 3.63) is 28.3 Å². The van der Waals surface area contributed by atoms with Crippen LogP contribution in [0.3, 0.4) is 0 Å². The summed E-state index contributed by atoms with van der Waals surface area (Å²) in [5.74, 6) is -1.23. The highest BCUT2D eigenvalue weighted by Crippen LogP contribution is 2.26. The van der Waals surface area contributed by atoms with Crippen LogP contribution in [0, 0.1) is 17.1 Å². The van der Waals surface area contributed by atoms with Gasteiger partial charge in [0.25, 0.3) is 6.43 Å².